The summed E-state index contributed by atoms with van der Waals surface area (Å²) < 4.78 is 13.0. The molecule has 2 nitrogen and oxygen atoms in total. The van der Waals surface area contributed by atoms with Gasteiger partial charge in [-0.1, -0.05) is 26.3 Å². The number of pyridine rings is 1. The second-order valence-electron chi connectivity index (χ2n) is 5.78. The molecular formula is C14H21FN2. The summed E-state index contributed by atoms with van der Waals surface area (Å²) in [7, 11) is 0. The summed E-state index contributed by atoms with van der Waals surface area (Å²) in [5.41, 5.74) is 0.450. The number of hydrogen-bond donors (Lipinski definition) is 1. The fraction of sp³-hybridized carbons (Fsp3) is 0.643. The zero-order valence-electron chi connectivity index (χ0n) is 10.7. The minimum atomic E-state index is -0.413. The largest absolute Gasteiger partial charge is 0.367 e. The van der Waals surface area contributed by atoms with E-state index in [1.165, 1.54) is 25.3 Å². The van der Waals surface area contributed by atoms with E-state index in [-0.39, 0.29) is 0 Å². The Morgan fingerprint density at radius 2 is 2.12 bits per heavy atom. The number of aromatic nitrogens is 1. The van der Waals surface area contributed by atoms with Crippen LogP contribution in [0.2, 0.25) is 0 Å². The first-order valence-electron chi connectivity index (χ1n) is 6.44. The third kappa shape index (κ3) is 3.69. The summed E-state index contributed by atoms with van der Waals surface area (Å²) in [5.74, 6) is 0.249. The van der Waals surface area contributed by atoms with E-state index >= 15 is 0 Å². The maximum atomic E-state index is 13.0. The monoisotopic (exact) mass is 236 g/mol. The van der Waals surface area contributed by atoms with Gasteiger partial charge in [-0.25, -0.2) is 4.98 Å². The Bertz CT molecular complexity index is 376. The first-order valence-corrected chi connectivity index (χ1v) is 6.44. The molecule has 1 fully saturated rings. The summed E-state index contributed by atoms with van der Waals surface area (Å²) in [6.07, 6.45) is 6.04. The first kappa shape index (κ1) is 12.3. The van der Waals surface area contributed by atoms with Gasteiger partial charge in [-0.05, 0) is 43.2 Å². The highest BCUT2D eigenvalue weighted by Gasteiger charge is 2.24. The van der Waals surface area contributed by atoms with E-state index in [1.54, 1.807) is 6.07 Å². The maximum Gasteiger partial charge on any atom is 0.214 e. The van der Waals surface area contributed by atoms with E-state index in [4.69, 9.17) is 0 Å². The third-order valence-corrected chi connectivity index (χ3v) is 3.64. The second-order valence-corrected chi connectivity index (χ2v) is 5.78. The van der Waals surface area contributed by atoms with Gasteiger partial charge in [-0.2, -0.15) is 4.39 Å². The molecule has 94 valence electrons. The standard InChI is InChI=1S/C14H21FN2/c1-14(2)9-4-5-11(8-10-14)16-13-7-3-6-12(15)17-13/h3,6-7,11H,4-5,8-10H2,1-2H3,(H,16,17). The Hall–Kier alpha value is -1.12. The molecule has 1 N–H and O–H groups in total. The van der Waals surface area contributed by atoms with Crippen molar-refractivity contribution in [1.29, 1.82) is 0 Å². The highest BCUT2D eigenvalue weighted by Crippen LogP contribution is 2.34. The van der Waals surface area contributed by atoms with Crippen molar-refractivity contribution in [2.75, 3.05) is 5.32 Å². The predicted molar refractivity (Wildman–Crippen MR) is 68.5 cm³/mol. The smallest absolute Gasteiger partial charge is 0.214 e. The Kier molecular flexibility index (Phi) is 3.65. The van der Waals surface area contributed by atoms with Gasteiger partial charge in [0.25, 0.3) is 0 Å². The SMILES string of the molecule is CC1(C)CCCC(Nc2cccc(F)n2)CC1. The number of halogens is 1. The molecule has 0 aliphatic heterocycles. The molecule has 17 heavy (non-hydrogen) atoms. The van der Waals surface area contributed by atoms with E-state index in [0.29, 0.717) is 17.3 Å². The Balaban J connectivity index is 1.95. The predicted octanol–water partition coefficient (Wildman–Crippen LogP) is 3.99. The number of anilines is 1. The summed E-state index contributed by atoms with van der Waals surface area (Å²) in [6.45, 7) is 4.66. The topological polar surface area (TPSA) is 24.9 Å². The van der Waals surface area contributed by atoms with Crippen molar-refractivity contribution in [3.63, 3.8) is 0 Å². The van der Waals surface area contributed by atoms with Crippen LogP contribution in [0.1, 0.15) is 46.0 Å². The average Bonchev–Trinajstić information content (AvgIpc) is 2.41. The number of hydrogen-bond acceptors (Lipinski definition) is 2. The molecule has 2 rings (SSSR count). The summed E-state index contributed by atoms with van der Waals surface area (Å²) >= 11 is 0. The number of rotatable bonds is 2. The van der Waals surface area contributed by atoms with E-state index < -0.39 is 5.95 Å². The minimum Gasteiger partial charge on any atom is -0.367 e. The number of nitrogens with zero attached hydrogens (tertiary/aromatic N) is 1. The molecule has 0 bridgehead atoms. The van der Waals surface area contributed by atoms with Crippen LogP contribution in [-0.2, 0) is 0 Å². The first-order chi connectivity index (χ1) is 8.05. The lowest BCUT2D eigenvalue weighted by Gasteiger charge is -2.22. The zero-order chi connectivity index (χ0) is 12.3. The van der Waals surface area contributed by atoms with Crippen LogP contribution in [0.3, 0.4) is 0 Å². The van der Waals surface area contributed by atoms with Crippen LogP contribution in [0.15, 0.2) is 18.2 Å². The van der Waals surface area contributed by atoms with Gasteiger partial charge in [0.05, 0.1) is 0 Å². The fourth-order valence-corrected chi connectivity index (χ4v) is 2.50. The molecule has 1 aromatic rings. The molecule has 0 saturated heterocycles. The van der Waals surface area contributed by atoms with Gasteiger partial charge < -0.3 is 5.32 Å². The van der Waals surface area contributed by atoms with E-state index in [2.05, 4.69) is 24.1 Å². The Labute approximate surface area is 103 Å². The molecule has 3 heteroatoms. The van der Waals surface area contributed by atoms with Crippen LogP contribution in [0.5, 0.6) is 0 Å². The zero-order valence-corrected chi connectivity index (χ0v) is 10.7. The molecule has 1 unspecified atom stereocenters. The van der Waals surface area contributed by atoms with Gasteiger partial charge in [-0.3, -0.25) is 0 Å². The van der Waals surface area contributed by atoms with Gasteiger partial charge in [0.15, 0.2) is 0 Å². The summed E-state index contributed by atoms with van der Waals surface area (Å²) in [5, 5.41) is 3.35. The molecule has 0 aromatic carbocycles. The van der Waals surface area contributed by atoms with Gasteiger partial charge in [0.1, 0.15) is 5.82 Å². The van der Waals surface area contributed by atoms with E-state index in [0.717, 1.165) is 12.8 Å². The molecule has 1 heterocycles. The molecule has 1 atom stereocenters. The van der Waals surface area contributed by atoms with Crippen LogP contribution in [0.25, 0.3) is 0 Å². The highest BCUT2D eigenvalue weighted by molar-refractivity contribution is 5.34. The highest BCUT2D eigenvalue weighted by atomic mass is 19.1. The van der Waals surface area contributed by atoms with Crippen LogP contribution >= 0.6 is 0 Å². The average molecular weight is 236 g/mol. The molecule has 0 spiro atoms. The van der Waals surface area contributed by atoms with Crippen molar-refractivity contribution in [2.45, 2.75) is 52.0 Å². The molecule has 1 aromatic heterocycles. The van der Waals surface area contributed by atoms with Crippen molar-refractivity contribution in [2.24, 2.45) is 5.41 Å². The minimum absolute atomic E-state index is 0.413. The van der Waals surface area contributed by atoms with E-state index in [9.17, 15) is 4.39 Å². The molecular weight excluding hydrogens is 215 g/mol. The van der Waals surface area contributed by atoms with Crippen molar-refractivity contribution >= 4 is 5.82 Å². The van der Waals surface area contributed by atoms with E-state index in [1.807, 2.05) is 6.07 Å². The molecule has 1 aliphatic rings. The lowest BCUT2D eigenvalue weighted by molar-refractivity contribution is 0.313. The Morgan fingerprint density at radius 1 is 1.29 bits per heavy atom. The molecule has 1 saturated carbocycles. The van der Waals surface area contributed by atoms with Gasteiger partial charge >= 0.3 is 0 Å². The van der Waals surface area contributed by atoms with Crippen LogP contribution in [0, 0.1) is 11.4 Å². The van der Waals surface area contributed by atoms with Gasteiger partial charge in [0, 0.05) is 6.04 Å². The molecule has 1 aliphatic carbocycles. The summed E-state index contributed by atoms with van der Waals surface area (Å²) in [6, 6.07) is 5.34. The summed E-state index contributed by atoms with van der Waals surface area (Å²) in [4.78, 5) is 3.86. The van der Waals surface area contributed by atoms with Gasteiger partial charge in [-0.15, -0.1) is 0 Å². The van der Waals surface area contributed by atoms with Gasteiger partial charge in [0.2, 0.25) is 5.95 Å². The third-order valence-electron chi connectivity index (χ3n) is 3.64. The lowest BCUT2D eigenvalue weighted by Crippen LogP contribution is -2.20. The van der Waals surface area contributed by atoms with Crippen LogP contribution in [-0.4, -0.2) is 11.0 Å². The second kappa shape index (κ2) is 5.03. The molecule has 0 amide bonds. The maximum absolute atomic E-state index is 13.0. The van der Waals surface area contributed by atoms with Crippen molar-refractivity contribution in [1.82, 2.24) is 4.98 Å². The Morgan fingerprint density at radius 3 is 2.88 bits per heavy atom. The van der Waals surface area contributed by atoms with Crippen molar-refractivity contribution < 1.29 is 4.39 Å². The number of nitrogens with one attached hydrogen (secondary N) is 1. The quantitative estimate of drug-likeness (QED) is 0.620. The molecule has 0 radical (unpaired) electrons. The fourth-order valence-electron chi connectivity index (χ4n) is 2.50. The normalized spacial score (nSPS) is 24.1. The van der Waals surface area contributed by atoms with Crippen LogP contribution < -0.4 is 5.32 Å². The van der Waals surface area contributed by atoms with Crippen molar-refractivity contribution in [3.8, 4) is 0 Å². The van der Waals surface area contributed by atoms with Crippen LogP contribution in [0.4, 0.5) is 10.2 Å². The van der Waals surface area contributed by atoms with Crippen molar-refractivity contribution in [3.05, 3.63) is 24.1 Å². The lowest BCUT2D eigenvalue weighted by atomic mass is 9.85.